The molecule has 0 radical (unpaired) electrons. The molecule has 1 aliphatic heterocycles. The smallest absolute Gasteiger partial charge is 0.270 e. The third-order valence-electron chi connectivity index (χ3n) is 2.91. The Bertz CT molecular complexity index is 301. The van der Waals surface area contributed by atoms with E-state index in [-0.39, 0.29) is 0 Å². The van der Waals surface area contributed by atoms with Gasteiger partial charge in [0.1, 0.15) is 25.5 Å². The maximum absolute atomic E-state index is 2.51. The van der Waals surface area contributed by atoms with Crippen molar-refractivity contribution in [1.82, 2.24) is 9.47 Å². The van der Waals surface area contributed by atoms with Crippen LogP contribution in [0.25, 0.3) is 0 Å². The zero-order chi connectivity index (χ0) is 9.42. The molecule has 3 heteroatoms. The zero-order valence-electron chi connectivity index (χ0n) is 8.70. The molecule has 0 saturated heterocycles. The summed E-state index contributed by atoms with van der Waals surface area (Å²) in [5, 5.41) is 0. The highest BCUT2D eigenvalue weighted by Gasteiger charge is 2.25. The van der Waals surface area contributed by atoms with E-state index in [9.17, 15) is 0 Å². The molecule has 0 aromatic carbocycles. The minimum Gasteiger partial charge on any atom is -0.286 e. The van der Waals surface area contributed by atoms with Crippen LogP contribution >= 0.6 is 0 Å². The second kappa shape index (κ2) is 3.14. The summed E-state index contributed by atoms with van der Waals surface area (Å²) < 4.78 is 4.56. The Morgan fingerprint density at radius 2 is 2.15 bits per heavy atom. The molecule has 2 rings (SSSR count). The Kier molecular flexibility index (Phi) is 2.12. The molecule has 0 aliphatic carbocycles. The summed E-state index contributed by atoms with van der Waals surface area (Å²) in [6.45, 7) is 7.92. The van der Waals surface area contributed by atoms with Gasteiger partial charge in [-0.25, -0.2) is 9.13 Å². The summed E-state index contributed by atoms with van der Waals surface area (Å²) in [4.78, 5) is 2.51. The van der Waals surface area contributed by atoms with E-state index in [1.807, 2.05) is 0 Å². The minimum absolute atomic E-state index is 0.656. The molecule has 0 spiro atoms. The first-order valence-corrected chi connectivity index (χ1v) is 4.96. The van der Waals surface area contributed by atoms with Crippen LogP contribution in [0, 0.1) is 0 Å². The van der Waals surface area contributed by atoms with Gasteiger partial charge in [-0.05, 0) is 13.8 Å². The van der Waals surface area contributed by atoms with Gasteiger partial charge >= 0.3 is 0 Å². The van der Waals surface area contributed by atoms with Crippen LogP contribution in [-0.4, -0.2) is 22.1 Å². The van der Waals surface area contributed by atoms with Crippen molar-refractivity contribution in [2.45, 2.75) is 33.0 Å². The van der Waals surface area contributed by atoms with Crippen molar-refractivity contribution in [3.8, 4) is 0 Å². The van der Waals surface area contributed by atoms with Crippen molar-refractivity contribution in [1.29, 1.82) is 0 Å². The van der Waals surface area contributed by atoms with Crippen molar-refractivity contribution in [2.24, 2.45) is 7.05 Å². The predicted octanol–water partition coefficient (Wildman–Crippen LogP) is 0.537. The average molecular weight is 180 g/mol. The van der Waals surface area contributed by atoms with E-state index in [4.69, 9.17) is 0 Å². The molecule has 0 unspecified atom stereocenters. The summed E-state index contributed by atoms with van der Waals surface area (Å²) >= 11 is 0. The van der Waals surface area contributed by atoms with Gasteiger partial charge in [-0.2, -0.15) is 0 Å². The van der Waals surface area contributed by atoms with E-state index in [2.05, 4.69) is 47.3 Å². The average Bonchev–Trinajstić information content (AvgIpc) is 2.47. The van der Waals surface area contributed by atoms with Gasteiger partial charge in [0, 0.05) is 12.6 Å². The lowest BCUT2D eigenvalue weighted by molar-refractivity contribution is -0.680. The van der Waals surface area contributed by atoms with E-state index < -0.39 is 0 Å². The lowest BCUT2D eigenvalue weighted by Gasteiger charge is -2.27. The fourth-order valence-corrected chi connectivity index (χ4v) is 1.90. The first kappa shape index (κ1) is 8.75. The third-order valence-corrected chi connectivity index (χ3v) is 2.91. The van der Waals surface area contributed by atoms with Crippen molar-refractivity contribution in [2.75, 3.05) is 6.54 Å². The van der Waals surface area contributed by atoms with Crippen LogP contribution in [0.4, 0.5) is 0 Å². The molecule has 13 heavy (non-hydrogen) atoms. The van der Waals surface area contributed by atoms with Gasteiger partial charge in [-0.3, -0.25) is 4.90 Å². The summed E-state index contributed by atoms with van der Waals surface area (Å²) in [5.41, 5.74) is 0. The number of hydrogen-bond donors (Lipinski definition) is 0. The maximum Gasteiger partial charge on any atom is 0.270 e. The highest BCUT2D eigenvalue weighted by atomic mass is 15.3. The van der Waals surface area contributed by atoms with Crippen molar-refractivity contribution in [3.63, 3.8) is 0 Å². The summed E-state index contributed by atoms with van der Waals surface area (Å²) in [6.07, 6.45) is 4.31. The SMILES string of the molecule is CC(C)N1CCn2cc[n+](C)c2C1. The molecular formula is C10H18N3+. The highest BCUT2D eigenvalue weighted by molar-refractivity contribution is 4.88. The largest absolute Gasteiger partial charge is 0.286 e. The monoisotopic (exact) mass is 180 g/mol. The van der Waals surface area contributed by atoms with Crippen LogP contribution in [0.2, 0.25) is 0 Å². The van der Waals surface area contributed by atoms with Crippen LogP contribution in [-0.2, 0) is 20.1 Å². The third kappa shape index (κ3) is 1.48. The van der Waals surface area contributed by atoms with E-state index in [1.54, 1.807) is 0 Å². The van der Waals surface area contributed by atoms with Gasteiger partial charge in [-0.15, -0.1) is 0 Å². The molecule has 3 nitrogen and oxygen atoms in total. The van der Waals surface area contributed by atoms with Crippen LogP contribution in [0.15, 0.2) is 12.4 Å². The van der Waals surface area contributed by atoms with Crippen molar-refractivity contribution < 1.29 is 4.57 Å². The van der Waals surface area contributed by atoms with Crippen LogP contribution < -0.4 is 4.57 Å². The quantitative estimate of drug-likeness (QED) is 0.574. The number of fused-ring (bicyclic) bond motifs is 1. The predicted molar refractivity (Wildman–Crippen MR) is 51.2 cm³/mol. The van der Waals surface area contributed by atoms with Gasteiger partial charge in [0.15, 0.2) is 0 Å². The number of nitrogens with zero attached hydrogens (tertiary/aromatic N) is 3. The van der Waals surface area contributed by atoms with Gasteiger partial charge in [0.05, 0.1) is 7.05 Å². The highest BCUT2D eigenvalue weighted by Crippen LogP contribution is 2.11. The number of aromatic nitrogens is 2. The Balaban J connectivity index is 2.22. The molecule has 72 valence electrons. The van der Waals surface area contributed by atoms with E-state index in [0.29, 0.717) is 6.04 Å². The Hall–Kier alpha value is -0.830. The van der Waals surface area contributed by atoms with Crippen molar-refractivity contribution >= 4 is 0 Å². The molecule has 0 bridgehead atoms. The molecule has 1 aromatic rings. The molecule has 0 amide bonds. The molecule has 1 aromatic heterocycles. The molecule has 1 aliphatic rings. The Morgan fingerprint density at radius 1 is 1.38 bits per heavy atom. The summed E-state index contributed by atoms with van der Waals surface area (Å²) in [5.74, 6) is 1.42. The van der Waals surface area contributed by atoms with Gasteiger partial charge in [0.2, 0.25) is 0 Å². The van der Waals surface area contributed by atoms with Crippen molar-refractivity contribution in [3.05, 3.63) is 18.2 Å². The first-order valence-electron chi connectivity index (χ1n) is 4.96. The number of imidazole rings is 1. The van der Waals surface area contributed by atoms with Crippen LogP contribution in [0.3, 0.4) is 0 Å². The number of rotatable bonds is 1. The second-order valence-corrected chi connectivity index (χ2v) is 4.08. The zero-order valence-corrected chi connectivity index (χ0v) is 8.70. The number of aryl methyl sites for hydroxylation is 1. The lowest BCUT2D eigenvalue weighted by Crippen LogP contribution is -2.44. The van der Waals surface area contributed by atoms with E-state index >= 15 is 0 Å². The topological polar surface area (TPSA) is 12.1 Å². The summed E-state index contributed by atoms with van der Waals surface area (Å²) in [7, 11) is 2.12. The summed E-state index contributed by atoms with van der Waals surface area (Å²) in [6, 6.07) is 0.656. The Labute approximate surface area is 79.6 Å². The normalized spacial score (nSPS) is 17.8. The molecular weight excluding hydrogens is 162 g/mol. The molecule has 0 fully saturated rings. The fraction of sp³-hybridized carbons (Fsp3) is 0.700. The van der Waals surface area contributed by atoms with E-state index in [0.717, 1.165) is 13.1 Å². The van der Waals surface area contributed by atoms with Gasteiger partial charge < -0.3 is 0 Å². The molecule has 0 N–H and O–H groups in total. The molecule has 2 heterocycles. The molecule has 0 saturated carbocycles. The fourth-order valence-electron chi connectivity index (χ4n) is 1.90. The Morgan fingerprint density at radius 3 is 2.85 bits per heavy atom. The standard InChI is InChI=1S/C10H18N3/c1-9(2)13-7-6-12-5-4-11(3)10(12)8-13/h4-5,9H,6-8H2,1-3H3/q+1. The van der Waals surface area contributed by atoms with Gasteiger partial charge in [-0.1, -0.05) is 0 Å². The minimum atomic E-state index is 0.656. The van der Waals surface area contributed by atoms with E-state index in [1.165, 1.54) is 12.4 Å². The first-order chi connectivity index (χ1) is 6.18. The lowest BCUT2D eigenvalue weighted by atomic mass is 10.2. The molecule has 0 atom stereocenters. The van der Waals surface area contributed by atoms with Crippen LogP contribution in [0.1, 0.15) is 19.7 Å². The van der Waals surface area contributed by atoms with Gasteiger partial charge in [0.25, 0.3) is 5.82 Å². The maximum atomic E-state index is 2.51. The van der Waals surface area contributed by atoms with Crippen LogP contribution in [0.5, 0.6) is 0 Å². The number of hydrogen-bond acceptors (Lipinski definition) is 1. The second-order valence-electron chi connectivity index (χ2n) is 4.08.